The first-order valence-corrected chi connectivity index (χ1v) is 4.70. The summed E-state index contributed by atoms with van der Waals surface area (Å²) in [6.45, 7) is -0.988. The topological polar surface area (TPSA) is 29.0 Å². The van der Waals surface area contributed by atoms with Gasteiger partial charge in [0.25, 0.3) is 0 Å². The number of aromatic nitrogens is 2. The molecule has 0 amide bonds. The molecule has 15 heavy (non-hydrogen) atoms. The van der Waals surface area contributed by atoms with Gasteiger partial charge in [0.1, 0.15) is 12.4 Å². The highest BCUT2D eigenvalue weighted by molar-refractivity contribution is 6.18. The van der Waals surface area contributed by atoms with E-state index in [2.05, 4.69) is 9.97 Å². The van der Waals surface area contributed by atoms with E-state index < -0.39 is 12.7 Å². The second-order valence-electron chi connectivity index (χ2n) is 2.79. The van der Waals surface area contributed by atoms with E-state index in [9.17, 15) is 13.2 Å². The Balaban J connectivity index is 2.75. The molecular weight excluding hydrogens is 231 g/mol. The van der Waals surface area contributed by atoms with E-state index in [1.807, 2.05) is 0 Å². The van der Waals surface area contributed by atoms with Gasteiger partial charge in [-0.1, -0.05) is 0 Å². The normalized spacial score (nSPS) is 11.5. The third-order valence-corrected chi connectivity index (χ3v) is 1.77. The molecule has 0 unspecified atom stereocenters. The molecule has 0 atom stereocenters. The van der Waals surface area contributed by atoms with Crippen LogP contribution < -0.4 is 4.90 Å². The molecule has 1 heterocycles. The molecule has 84 valence electrons. The molecule has 0 radical (unpaired) electrons. The van der Waals surface area contributed by atoms with Gasteiger partial charge in [0, 0.05) is 24.8 Å². The van der Waals surface area contributed by atoms with Gasteiger partial charge in [0.05, 0.1) is 6.20 Å². The lowest BCUT2D eigenvalue weighted by Gasteiger charge is -2.23. The maximum Gasteiger partial charge on any atom is 0.405 e. The molecule has 3 nitrogen and oxygen atoms in total. The monoisotopic (exact) mass is 239 g/mol. The molecule has 7 heteroatoms. The van der Waals surface area contributed by atoms with Crippen LogP contribution in [-0.4, -0.2) is 35.1 Å². The maximum absolute atomic E-state index is 12.2. The smallest absolute Gasteiger partial charge is 0.345 e. The molecule has 0 aliphatic carbocycles. The minimum Gasteiger partial charge on any atom is -0.345 e. The summed E-state index contributed by atoms with van der Waals surface area (Å²) in [5.74, 6) is 0.280. The standard InChI is InChI=1S/C8H9ClF3N3/c9-1-4-15(6-8(10,11)12)7-5-13-2-3-14-7/h2-3,5H,1,4,6H2. The van der Waals surface area contributed by atoms with Crippen molar-refractivity contribution in [2.75, 3.05) is 23.9 Å². The third kappa shape index (κ3) is 4.33. The molecular formula is C8H9ClF3N3. The Morgan fingerprint density at radius 2 is 2.07 bits per heavy atom. The molecule has 0 saturated heterocycles. The first-order valence-electron chi connectivity index (χ1n) is 4.16. The molecule has 0 aliphatic rings. The molecule has 0 N–H and O–H groups in total. The zero-order chi connectivity index (χ0) is 11.3. The van der Waals surface area contributed by atoms with Crippen LogP contribution in [0.15, 0.2) is 18.6 Å². The maximum atomic E-state index is 12.2. The number of anilines is 1. The van der Waals surface area contributed by atoms with E-state index in [0.717, 1.165) is 4.90 Å². The molecule has 1 aromatic rings. The Morgan fingerprint density at radius 1 is 1.33 bits per heavy atom. The van der Waals surface area contributed by atoms with Crippen molar-refractivity contribution in [1.29, 1.82) is 0 Å². The average molecular weight is 240 g/mol. The van der Waals surface area contributed by atoms with Gasteiger partial charge in [-0.2, -0.15) is 13.2 Å². The first-order chi connectivity index (χ1) is 7.03. The summed E-state index contributed by atoms with van der Waals surface area (Å²) < 4.78 is 36.5. The number of nitrogens with zero attached hydrogens (tertiary/aromatic N) is 3. The van der Waals surface area contributed by atoms with Crippen molar-refractivity contribution >= 4 is 17.4 Å². The Hall–Kier alpha value is -1.04. The van der Waals surface area contributed by atoms with E-state index in [-0.39, 0.29) is 18.2 Å². The van der Waals surface area contributed by atoms with Gasteiger partial charge in [-0.05, 0) is 0 Å². The Labute approximate surface area is 89.9 Å². The van der Waals surface area contributed by atoms with Crippen molar-refractivity contribution in [2.45, 2.75) is 6.18 Å². The summed E-state index contributed by atoms with van der Waals surface area (Å²) in [5, 5.41) is 0. The van der Waals surface area contributed by atoms with Crippen LogP contribution in [0.25, 0.3) is 0 Å². The lowest BCUT2D eigenvalue weighted by Crippen LogP contribution is -2.36. The van der Waals surface area contributed by atoms with Crippen molar-refractivity contribution in [3.8, 4) is 0 Å². The number of rotatable bonds is 4. The number of hydrogen-bond acceptors (Lipinski definition) is 3. The lowest BCUT2D eigenvalue weighted by atomic mass is 10.4. The van der Waals surface area contributed by atoms with Crippen LogP contribution in [0, 0.1) is 0 Å². The summed E-state index contributed by atoms with van der Waals surface area (Å²) in [6.07, 6.45) is -0.259. The van der Waals surface area contributed by atoms with E-state index in [4.69, 9.17) is 11.6 Å². The van der Waals surface area contributed by atoms with Crippen LogP contribution in [-0.2, 0) is 0 Å². The summed E-state index contributed by atoms with van der Waals surface area (Å²) in [4.78, 5) is 8.53. The van der Waals surface area contributed by atoms with Crippen molar-refractivity contribution in [2.24, 2.45) is 0 Å². The van der Waals surface area contributed by atoms with Crippen molar-refractivity contribution in [1.82, 2.24) is 9.97 Å². The van der Waals surface area contributed by atoms with Gasteiger partial charge in [0.2, 0.25) is 0 Å². The minimum atomic E-state index is -4.27. The Morgan fingerprint density at radius 3 is 2.53 bits per heavy atom. The fourth-order valence-corrected chi connectivity index (χ4v) is 1.25. The fraction of sp³-hybridized carbons (Fsp3) is 0.500. The molecule has 0 saturated carbocycles. The molecule has 0 aliphatic heterocycles. The minimum absolute atomic E-state index is 0.0831. The van der Waals surface area contributed by atoms with Gasteiger partial charge in [-0.25, -0.2) is 4.98 Å². The highest BCUT2D eigenvalue weighted by Crippen LogP contribution is 2.19. The number of halogens is 4. The molecule has 1 rings (SSSR count). The van der Waals surface area contributed by atoms with E-state index in [0.29, 0.717) is 0 Å². The predicted molar refractivity (Wildman–Crippen MR) is 51.0 cm³/mol. The van der Waals surface area contributed by atoms with Crippen molar-refractivity contribution < 1.29 is 13.2 Å². The van der Waals surface area contributed by atoms with Crippen LogP contribution in [0.1, 0.15) is 0 Å². The Bertz CT molecular complexity index is 291. The van der Waals surface area contributed by atoms with Crippen LogP contribution in [0.5, 0.6) is 0 Å². The summed E-state index contributed by atoms with van der Waals surface area (Å²) in [6, 6.07) is 0. The highest BCUT2D eigenvalue weighted by Gasteiger charge is 2.31. The van der Waals surface area contributed by atoms with Crippen LogP contribution >= 0.6 is 11.6 Å². The molecule has 0 aromatic carbocycles. The zero-order valence-corrected chi connectivity index (χ0v) is 8.46. The molecule has 0 bridgehead atoms. The lowest BCUT2D eigenvalue weighted by molar-refractivity contribution is -0.119. The molecule has 0 fully saturated rings. The van der Waals surface area contributed by atoms with E-state index in [1.165, 1.54) is 18.6 Å². The van der Waals surface area contributed by atoms with Crippen LogP contribution in [0.2, 0.25) is 0 Å². The van der Waals surface area contributed by atoms with Gasteiger partial charge in [0.15, 0.2) is 0 Å². The van der Waals surface area contributed by atoms with Crippen molar-refractivity contribution in [3.63, 3.8) is 0 Å². The SMILES string of the molecule is FC(F)(F)CN(CCCl)c1cnccn1. The summed E-state index contributed by atoms with van der Waals surface area (Å²) in [5.41, 5.74) is 0. The van der Waals surface area contributed by atoms with Gasteiger partial charge >= 0.3 is 6.18 Å². The van der Waals surface area contributed by atoms with Crippen LogP contribution in [0.4, 0.5) is 19.0 Å². The predicted octanol–water partition coefficient (Wildman–Crippen LogP) is 2.08. The van der Waals surface area contributed by atoms with E-state index in [1.54, 1.807) is 0 Å². The average Bonchev–Trinajstić information content (AvgIpc) is 2.17. The molecule has 1 aromatic heterocycles. The highest BCUT2D eigenvalue weighted by atomic mass is 35.5. The number of hydrogen-bond donors (Lipinski definition) is 0. The van der Waals surface area contributed by atoms with Gasteiger partial charge in [-0.15, -0.1) is 11.6 Å². The van der Waals surface area contributed by atoms with Crippen molar-refractivity contribution in [3.05, 3.63) is 18.6 Å². The summed E-state index contributed by atoms with van der Waals surface area (Å²) >= 11 is 5.42. The van der Waals surface area contributed by atoms with Crippen LogP contribution in [0.3, 0.4) is 0 Å². The van der Waals surface area contributed by atoms with Gasteiger partial charge in [-0.3, -0.25) is 4.98 Å². The first kappa shape index (κ1) is 12.0. The Kier molecular flexibility index (Phi) is 4.14. The van der Waals surface area contributed by atoms with Gasteiger partial charge < -0.3 is 4.90 Å². The second-order valence-corrected chi connectivity index (χ2v) is 3.17. The summed E-state index contributed by atoms with van der Waals surface area (Å²) in [7, 11) is 0. The van der Waals surface area contributed by atoms with E-state index >= 15 is 0 Å². The second kappa shape index (κ2) is 5.16. The zero-order valence-electron chi connectivity index (χ0n) is 7.71. The largest absolute Gasteiger partial charge is 0.405 e. The third-order valence-electron chi connectivity index (χ3n) is 1.60. The molecule has 0 spiro atoms. The number of alkyl halides is 4. The quantitative estimate of drug-likeness (QED) is 0.754. The fourth-order valence-electron chi connectivity index (χ4n) is 1.05.